The molecule has 0 bridgehead atoms. The van der Waals surface area contributed by atoms with Gasteiger partial charge in [0, 0.05) is 10.6 Å². The molecule has 0 radical (unpaired) electrons. The molecular formula is C8H4Cl2N2OS. The summed E-state index contributed by atoms with van der Waals surface area (Å²) in [7, 11) is 0. The van der Waals surface area contributed by atoms with Crippen LogP contribution in [-0.4, -0.2) is 10.2 Å². The number of rotatable bonds is 1. The van der Waals surface area contributed by atoms with Gasteiger partial charge in [-0.25, -0.2) is 5.10 Å². The first kappa shape index (κ1) is 9.71. The highest BCUT2D eigenvalue weighted by molar-refractivity contribution is 7.12. The molecule has 72 valence electrons. The number of nitrogens with one attached hydrogen (secondary N) is 1. The number of hydrogen-bond donors (Lipinski definition) is 1. The molecule has 0 saturated heterocycles. The molecule has 0 aliphatic rings. The van der Waals surface area contributed by atoms with Gasteiger partial charge in [-0.05, 0) is 18.2 Å². The third-order valence-electron chi connectivity index (χ3n) is 1.60. The van der Waals surface area contributed by atoms with E-state index >= 15 is 0 Å². The average molecular weight is 247 g/mol. The van der Waals surface area contributed by atoms with Crippen LogP contribution >= 0.6 is 34.5 Å². The summed E-state index contributed by atoms with van der Waals surface area (Å²) in [5.74, 6) is 0. The zero-order chi connectivity index (χ0) is 10.1. The number of benzene rings is 1. The van der Waals surface area contributed by atoms with Crippen molar-refractivity contribution >= 4 is 34.5 Å². The number of hydrogen-bond acceptors (Lipinski definition) is 3. The van der Waals surface area contributed by atoms with Crippen LogP contribution in [0.5, 0.6) is 0 Å². The van der Waals surface area contributed by atoms with Crippen LogP contribution in [0.3, 0.4) is 0 Å². The zero-order valence-electron chi connectivity index (χ0n) is 6.75. The van der Waals surface area contributed by atoms with E-state index in [9.17, 15) is 4.79 Å². The summed E-state index contributed by atoms with van der Waals surface area (Å²) in [6, 6.07) is 5.03. The van der Waals surface area contributed by atoms with E-state index in [1.54, 1.807) is 18.2 Å². The van der Waals surface area contributed by atoms with Gasteiger partial charge >= 0.3 is 4.87 Å². The van der Waals surface area contributed by atoms with Gasteiger partial charge in [0.25, 0.3) is 0 Å². The Morgan fingerprint density at radius 3 is 2.79 bits per heavy atom. The smallest absolute Gasteiger partial charge is 0.255 e. The van der Waals surface area contributed by atoms with E-state index in [-0.39, 0.29) is 4.87 Å². The Hall–Kier alpha value is -0.840. The third kappa shape index (κ3) is 1.82. The summed E-state index contributed by atoms with van der Waals surface area (Å²) in [5.41, 5.74) is 0.669. The van der Waals surface area contributed by atoms with Crippen LogP contribution in [0.1, 0.15) is 0 Å². The predicted molar refractivity (Wildman–Crippen MR) is 58.2 cm³/mol. The first-order valence-corrected chi connectivity index (χ1v) is 5.25. The first-order chi connectivity index (χ1) is 6.66. The second-order valence-corrected chi connectivity index (χ2v) is 4.35. The van der Waals surface area contributed by atoms with Crippen LogP contribution in [0.15, 0.2) is 23.0 Å². The van der Waals surface area contributed by atoms with Gasteiger partial charge < -0.3 is 0 Å². The lowest BCUT2D eigenvalue weighted by atomic mass is 10.2. The normalized spacial score (nSPS) is 10.4. The van der Waals surface area contributed by atoms with Crippen molar-refractivity contribution in [2.75, 3.05) is 0 Å². The maximum Gasteiger partial charge on any atom is 0.322 e. The van der Waals surface area contributed by atoms with Gasteiger partial charge in [0.15, 0.2) is 0 Å². The Bertz CT molecular complexity index is 520. The molecule has 1 aromatic carbocycles. The zero-order valence-corrected chi connectivity index (χ0v) is 9.08. The Balaban J connectivity index is 2.61. The molecule has 2 aromatic rings. The molecule has 0 amide bonds. The molecule has 0 spiro atoms. The number of H-pyrrole nitrogens is 1. The minimum Gasteiger partial charge on any atom is -0.255 e. The summed E-state index contributed by atoms with van der Waals surface area (Å²) in [5, 5.41) is 7.78. The summed E-state index contributed by atoms with van der Waals surface area (Å²) in [4.78, 5) is 10.7. The van der Waals surface area contributed by atoms with Gasteiger partial charge in [-0.1, -0.05) is 34.5 Å². The van der Waals surface area contributed by atoms with Crippen LogP contribution in [0.4, 0.5) is 0 Å². The molecule has 6 heteroatoms. The van der Waals surface area contributed by atoms with E-state index in [2.05, 4.69) is 10.2 Å². The lowest BCUT2D eigenvalue weighted by Gasteiger charge is -1.99. The van der Waals surface area contributed by atoms with Gasteiger partial charge in [-0.15, -0.1) is 0 Å². The monoisotopic (exact) mass is 246 g/mol. The molecule has 0 atom stereocenters. The fraction of sp³-hybridized carbons (Fsp3) is 0. The van der Waals surface area contributed by atoms with Gasteiger partial charge in [0.05, 0.1) is 5.02 Å². The Morgan fingerprint density at radius 2 is 2.14 bits per heavy atom. The van der Waals surface area contributed by atoms with E-state index in [4.69, 9.17) is 23.2 Å². The van der Waals surface area contributed by atoms with Crippen molar-refractivity contribution in [1.29, 1.82) is 0 Å². The predicted octanol–water partition coefficient (Wildman–Crippen LogP) is 2.81. The van der Waals surface area contributed by atoms with Crippen LogP contribution < -0.4 is 4.87 Å². The minimum atomic E-state index is -0.212. The van der Waals surface area contributed by atoms with Crippen LogP contribution in [-0.2, 0) is 0 Å². The highest BCUT2D eigenvalue weighted by Gasteiger charge is 2.08. The molecule has 3 nitrogen and oxygen atoms in total. The fourth-order valence-electron chi connectivity index (χ4n) is 1.01. The number of aromatic nitrogens is 2. The van der Waals surface area contributed by atoms with E-state index in [1.165, 1.54) is 0 Å². The topological polar surface area (TPSA) is 45.8 Å². The summed E-state index contributed by atoms with van der Waals surface area (Å²) in [6.07, 6.45) is 0. The van der Waals surface area contributed by atoms with Crippen LogP contribution in [0.25, 0.3) is 10.6 Å². The van der Waals surface area contributed by atoms with E-state index in [0.717, 1.165) is 11.3 Å². The van der Waals surface area contributed by atoms with Gasteiger partial charge in [0.1, 0.15) is 5.01 Å². The van der Waals surface area contributed by atoms with Crippen molar-refractivity contribution in [2.45, 2.75) is 0 Å². The summed E-state index contributed by atoms with van der Waals surface area (Å²) >= 11 is 12.7. The van der Waals surface area contributed by atoms with Crippen molar-refractivity contribution in [3.05, 3.63) is 37.9 Å². The first-order valence-electron chi connectivity index (χ1n) is 3.68. The Morgan fingerprint density at radius 1 is 1.36 bits per heavy atom. The van der Waals surface area contributed by atoms with Crippen molar-refractivity contribution in [3.8, 4) is 10.6 Å². The second kappa shape index (κ2) is 3.73. The second-order valence-electron chi connectivity index (χ2n) is 2.54. The lowest BCUT2D eigenvalue weighted by Crippen LogP contribution is -1.90. The molecular weight excluding hydrogens is 243 g/mol. The number of aromatic amines is 1. The number of halogens is 2. The standard InChI is InChI=1S/C8H4Cl2N2OS/c9-4-1-2-6(10)5(3-4)7-11-12-8(13)14-7/h1-3H,(H,12,13). The largest absolute Gasteiger partial charge is 0.322 e. The molecule has 14 heavy (non-hydrogen) atoms. The lowest BCUT2D eigenvalue weighted by molar-refractivity contribution is 1.06. The summed E-state index contributed by atoms with van der Waals surface area (Å²) in [6.45, 7) is 0. The maximum absolute atomic E-state index is 10.9. The molecule has 1 aromatic heterocycles. The van der Waals surface area contributed by atoms with Gasteiger partial charge in [0.2, 0.25) is 0 Å². The van der Waals surface area contributed by atoms with Gasteiger partial charge in [-0.3, -0.25) is 4.79 Å². The van der Waals surface area contributed by atoms with E-state index < -0.39 is 0 Å². The van der Waals surface area contributed by atoms with Crippen molar-refractivity contribution in [2.24, 2.45) is 0 Å². The highest BCUT2D eigenvalue weighted by Crippen LogP contribution is 2.29. The third-order valence-corrected chi connectivity index (χ3v) is 2.94. The SMILES string of the molecule is O=c1[nH]nc(-c2cc(Cl)ccc2Cl)s1. The average Bonchev–Trinajstić information content (AvgIpc) is 2.56. The molecule has 0 aliphatic heterocycles. The Labute approximate surface area is 93.3 Å². The van der Waals surface area contributed by atoms with Crippen molar-refractivity contribution in [1.82, 2.24) is 10.2 Å². The van der Waals surface area contributed by atoms with Gasteiger partial charge in [-0.2, -0.15) is 5.10 Å². The van der Waals surface area contributed by atoms with E-state index in [0.29, 0.717) is 20.6 Å². The molecule has 1 N–H and O–H groups in total. The molecule has 1 heterocycles. The van der Waals surface area contributed by atoms with Crippen LogP contribution in [0.2, 0.25) is 10.0 Å². The molecule has 0 saturated carbocycles. The highest BCUT2D eigenvalue weighted by atomic mass is 35.5. The Kier molecular flexibility index (Phi) is 2.58. The number of nitrogens with zero attached hydrogens (tertiary/aromatic N) is 1. The van der Waals surface area contributed by atoms with Crippen LogP contribution in [0, 0.1) is 0 Å². The molecule has 0 aliphatic carbocycles. The van der Waals surface area contributed by atoms with E-state index in [1.807, 2.05) is 0 Å². The molecule has 0 fully saturated rings. The van der Waals surface area contributed by atoms with Crippen molar-refractivity contribution < 1.29 is 0 Å². The molecule has 0 unspecified atom stereocenters. The quantitative estimate of drug-likeness (QED) is 0.842. The summed E-state index contributed by atoms with van der Waals surface area (Å²) < 4.78 is 0. The van der Waals surface area contributed by atoms with Crippen molar-refractivity contribution in [3.63, 3.8) is 0 Å². The maximum atomic E-state index is 10.9. The fourth-order valence-corrected chi connectivity index (χ4v) is 2.08. The molecule has 2 rings (SSSR count). The minimum absolute atomic E-state index is 0.212.